The number of hydrogen-bond acceptors (Lipinski definition) is 19. The quantitative estimate of drug-likeness (QED) is 0.0244. The van der Waals surface area contributed by atoms with Gasteiger partial charge in [-0.25, -0.2) is 9.37 Å². The number of primary amides is 1. The molecule has 111 heavy (non-hydrogen) atoms. The average Bonchev–Trinajstić information content (AvgIpc) is 1.66. The molecule has 0 spiro atoms. The number of nitrogens with zero attached hydrogens (tertiary/aromatic N) is 3. The molecule has 0 aliphatic carbocycles. The summed E-state index contributed by atoms with van der Waals surface area (Å²) in [4.78, 5) is 191. The van der Waals surface area contributed by atoms with Crippen molar-refractivity contribution < 1.29 is 97.0 Å². The number of amides is 11. The van der Waals surface area contributed by atoms with Crippen molar-refractivity contribution in [3.63, 3.8) is 0 Å². The number of nitrogens with two attached hydrogens (primary N) is 1. The number of halogens is 1. The number of aliphatic hydroxyl groups is 3. The predicted octanol–water partition coefficient (Wildman–Crippen LogP) is 0.162. The molecular weight excluding hydrogens is 1440 g/mol. The van der Waals surface area contributed by atoms with Gasteiger partial charge in [0.15, 0.2) is 0 Å². The number of pyridine rings is 1. The fraction of sp³-hybridized carbons (Fsp3) is 0.416. The minimum Gasteiger partial charge on any atom is -0.497 e. The number of benzene rings is 4. The maximum absolute atomic E-state index is 15.5. The van der Waals surface area contributed by atoms with Gasteiger partial charge in [0.05, 0.1) is 45.2 Å². The SMILES string of the molecule is CCc1cc(OC)ccc1-c1ccc(C[C@H](NC(=O)[C@H](CC(=O)O)NC(=O)[C@H](CO)NC(=O)[C@@H](NC(=O)[C@@](C)(Cc2ccccc2F)NC(=O)[C@@H](NC(=O)CNC(=O)[C@H](CCC(=O)O)NC(=O)[C@]2(C)CCCN2C(=O)CCc2cnc[nH]2)[C@@H](C)O)[C@@H](C)O)C(=O)N[C@@H](Cc2cnccc2-c2ccccc2C)C(N)=O)cc1. The first kappa shape index (κ1) is 86.2. The van der Waals surface area contributed by atoms with Gasteiger partial charge in [-0.1, -0.05) is 79.7 Å². The maximum atomic E-state index is 15.5. The topological polar surface area (TPSA) is 511 Å². The maximum Gasteiger partial charge on any atom is 0.305 e. The predicted molar refractivity (Wildman–Crippen MR) is 398 cm³/mol. The lowest BCUT2D eigenvalue weighted by Gasteiger charge is -2.35. The number of ether oxygens (including phenoxy) is 1. The Balaban J connectivity index is 1.06. The third kappa shape index (κ3) is 23.7. The number of rotatable bonds is 40. The van der Waals surface area contributed by atoms with Crippen molar-refractivity contribution in [2.75, 3.05) is 26.8 Å². The van der Waals surface area contributed by atoms with Gasteiger partial charge in [0.2, 0.25) is 65.0 Å². The highest BCUT2D eigenvalue weighted by molar-refractivity contribution is 6.01. The standard InChI is InChI=1S/C77H95FN14O19/c1-8-46-33-51(111-7)23-24-53(46)47-20-18-45(19-21-47)32-58(69(104)84-57(67(79)102)34-49-37-80-30-28-54(49)52-16-11-9-14-42(52)2)85-70(105)59(35-64(100)101)86-71(106)60(40-93)87-72(107)65(43(3)94)90-74(109)76(5,36-48-15-10-12-17-55(48)78)91-73(108)66(44(4)95)89-61(96)39-82-68(103)56(25-27-63(98)99)88-75(110)77(6)29-13-31-92(77)62(97)26-22-50-38-81-41-83-50/h9-12,14-21,23-24,28,30,33,37-38,41,43-44,56-60,65-66,93-95H,8,13,22,25-27,29,31-32,34-36,39-40H2,1-7H3,(H2,79,102)(H,81,83)(H,82,103)(H,84,104)(H,85,105)(H,86,106)(H,87,107)(H,88,110)(H,89,96)(H,90,109)(H,91,108)(H,98,99)(H,100,101)/t43-,44-,56+,57+,58+,59+,60+,65+,66+,76-,77+/m1/s1. The number of nitrogens with one attached hydrogen (secondary N) is 10. The Labute approximate surface area is 638 Å². The summed E-state index contributed by atoms with van der Waals surface area (Å²) in [6.45, 7) is 6.43. The smallest absolute Gasteiger partial charge is 0.305 e. The van der Waals surface area contributed by atoms with E-state index in [0.29, 0.717) is 41.0 Å². The van der Waals surface area contributed by atoms with E-state index in [1.807, 2.05) is 50.2 Å². The van der Waals surface area contributed by atoms with Crippen LogP contribution in [0.5, 0.6) is 5.75 Å². The van der Waals surface area contributed by atoms with Gasteiger partial charge < -0.3 is 93.7 Å². The lowest BCUT2D eigenvalue weighted by molar-refractivity contribution is -0.145. The number of carbonyl (C=O) groups is 13. The number of methoxy groups -OCH3 is 1. The first-order valence-corrected chi connectivity index (χ1v) is 35.9. The molecule has 2 aromatic heterocycles. The molecule has 17 N–H and O–H groups in total. The number of likely N-dealkylation sites (tertiary alicyclic amines) is 1. The van der Waals surface area contributed by atoms with Crippen molar-refractivity contribution in [2.45, 2.75) is 178 Å². The average molecular weight is 1540 g/mol. The summed E-state index contributed by atoms with van der Waals surface area (Å²) >= 11 is 0. The number of imidazole rings is 1. The Hall–Kier alpha value is -12.0. The molecule has 0 unspecified atom stereocenters. The van der Waals surface area contributed by atoms with E-state index < -0.39 is 181 Å². The Bertz CT molecular complexity index is 4350. The number of aromatic nitrogens is 3. The van der Waals surface area contributed by atoms with Crippen LogP contribution in [-0.2, 0) is 94.4 Å². The molecule has 4 aromatic carbocycles. The van der Waals surface area contributed by atoms with Gasteiger partial charge in [-0.05, 0) is 141 Å². The lowest BCUT2D eigenvalue weighted by atomic mass is 9.90. The van der Waals surface area contributed by atoms with E-state index in [2.05, 4.69) is 62.8 Å². The van der Waals surface area contributed by atoms with Crippen LogP contribution in [0, 0.1) is 12.7 Å². The van der Waals surface area contributed by atoms with E-state index in [1.165, 1.54) is 42.5 Å². The summed E-state index contributed by atoms with van der Waals surface area (Å²) in [7, 11) is 1.55. The van der Waals surface area contributed by atoms with Crippen molar-refractivity contribution in [1.82, 2.24) is 67.7 Å². The Morgan fingerprint density at radius 2 is 1.32 bits per heavy atom. The molecule has 0 radical (unpaired) electrons. The Morgan fingerprint density at radius 3 is 1.95 bits per heavy atom. The van der Waals surface area contributed by atoms with Crippen LogP contribution in [0.3, 0.4) is 0 Å². The number of carboxylic acids is 2. The van der Waals surface area contributed by atoms with Crippen LogP contribution in [0.2, 0.25) is 0 Å². The van der Waals surface area contributed by atoms with Gasteiger partial charge in [-0.2, -0.15) is 0 Å². The number of H-pyrrole nitrogens is 1. The van der Waals surface area contributed by atoms with Crippen molar-refractivity contribution in [3.8, 4) is 28.0 Å². The van der Waals surface area contributed by atoms with E-state index in [1.54, 1.807) is 55.9 Å². The Kier molecular flexibility index (Phi) is 31.0. The fourth-order valence-corrected chi connectivity index (χ4v) is 12.8. The summed E-state index contributed by atoms with van der Waals surface area (Å²) in [6.07, 6.45) is 0.381. The largest absolute Gasteiger partial charge is 0.497 e. The van der Waals surface area contributed by atoms with Crippen molar-refractivity contribution >= 4 is 76.9 Å². The van der Waals surface area contributed by atoms with Crippen LogP contribution in [0.25, 0.3) is 22.3 Å². The highest BCUT2D eigenvalue weighted by Crippen LogP contribution is 2.32. The molecule has 594 valence electrons. The number of aromatic amines is 1. The minimum atomic E-state index is -2.42. The highest BCUT2D eigenvalue weighted by atomic mass is 19.1. The second-order valence-corrected chi connectivity index (χ2v) is 27.5. The van der Waals surface area contributed by atoms with E-state index in [9.17, 15) is 87.9 Å². The zero-order chi connectivity index (χ0) is 81.4. The zero-order valence-electron chi connectivity index (χ0n) is 62.4. The molecule has 0 bridgehead atoms. The third-order valence-corrected chi connectivity index (χ3v) is 19.1. The van der Waals surface area contributed by atoms with Gasteiger partial charge in [-0.15, -0.1) is 0 Å². The molecule has 7 rings (SSSR count). The normalized spacial score (nSPS) is 16.2. The van der Waals surface area contributed by atoms with Crippen molar-refractivity contribution in [1.29, 1.82) is 0 Å². The highest BCUT2D eigenvalue weighted by Gasteiger charge is 2.47. The summed E-state index contributed by atoms with van der Waals surface area (Å²) in [5.41, 5.74) is 8.46. The molecule has 11 amide bonds. The monoisotopic (exact) mass is 1540 g/mol. The van der Waals surface area contributed by atoms with Crippen LogP contribution in [0.1, 0.15) is 107 Å². The number of carboxylic acid groups (broad SMARTS) is 2. The molecule has 33 nitrogen and oxygen atoms in total. The summed E-state index contributed by atoms with van der Waals surface area (Å²) < 4.78 is 21.0. The molecular formula is C77H95FN14O19. The lowest BCUT2D eigenvalue weighted by Crippen LogP contribution is -2.67. The molecule has 1 fully saturated rings. The van der Waals surface area contributed by atoms with E-state index in [4.69, 9.17) is 10.5 Å². The number of aliphatic hydroxyl groups excluding tert-OH is 3. The van der Waals surface area contributed by atoms with Gasteiger partial charge in [0, 0.05) is 62.9 Å². The molecule has 34 heteroatoms. The van der Waals surface area contributed by atoms with Gasteiger partial charge >= 0.3 is 11.9 Å². The summed E-state index contributed by atoms with van der Waals surface area (Å²) in [5, 5.41) is 73.4. The molecule has 0 saturated carbocycles. The first-order chi connectivity index (χ1) is 52.7. The summed E-state index contributed by atoms with van der Waals surface area (Å²) in [5.74, 6) is -15.4. The molecule has 6 aromatic rings. The molecule has 1 aliphatic heterocycles. The van der Waals surface area contributed by atoms with Crippen LogP contribution < -0.4 is 58.3 Å². The van der Waals surface area contributed by atoms with Crippen LogP contribution in [0.4, 0.5) is 4.39 Å². The number of aryl methyl sites for hydroxylation is 3. The molecule has 1 aliphatic rings. The van der Waals surface area contributed by atoms with Crippen LogP contribution in [0.15, 0.2) is 122 Å². The van der Waals surface area contributed by atoms with E-state index >= 15 is 4.39 Å². The van der Waals surface area contributed by atoms with Crippen molar-refractivity contribution in [3.05, 3.63) is 161 Å². The molecule has 1 saturated heterocycles. The second-order valence-electron chi connectivity index (χ2n) is 27.5. The van der Waals surface area contributed by atoms with E-state index in [-0.39, 0.29) is 50.1 Å². The minimum absolute atomic E-state index is 0.0118. The van der Waals surface area contributed by atoms with Crippen LogP contribution >= 0.6 is 0 Å². The number of hydrogen-bond donors (Lipinski definition) is 16. The Morgan fingerprint density at radius 1 is 0.676 bits per heavy atom. The van der Waals surface area contributed by atoms with Gasteiger partial charge in [-0.3, -0.25) is 67.3 Å². The second kappa shape index (κ2) is 39.9. The van der Waals surface area contributed by atoms with Gasteiger partial charge in [0.1, 0.15) is 64.9 Å². The third-order valence-electron chi connectivity index (χ3n) is 19.1. The van der Waals surface area contributed by atoms with Crippen molar-refractivity contribution in [2.24, 2.45) is 5.73 Å². The van der Waals surface area contributed by atoms with E-state index in [0.717, 1.165) is 54.7 Å². The fourth-order valence-electron chi connectivity index (χ4n) is 12.8. The molecule has 11 atom stereocenters. The first-order valence-electron chi connectivity index (χ1n) is 35.9. The van der Waals surface area contributed by atoms with Crippen LogP contribution in [-0.4, -0.2) is 215 Å². The van der Waals surface area contributed by atoms with Gasteiger partial charge in [0.25, 0.3) is 0 Å². The number of aliphatic carboxylic acids is 2. The summed E-state index contributed by atoms with van der Waals surface area (Å²) in [6, 6.07) is 13.6. The molecule has 3 heterocycles. The zero-order valence-corrected chi connectivity index (χ0v) is 62.4. The number of carbonyl (C=O) groups excluding carboxylic acids is 11.